The molecule has 4 nitrogen and oxygen atoms in total. The van der Waals surface area contributed by atoms with Crippen LogP contribution < -0.4 is 11.1 Å². The third-order valence-corrected chi connectivity index (χ3v) is 5.57. The lowest BCUT2D eigenvalue weighted by Gasteiger charge is -2.31. The number of carbonyl (C=O) groups is 1. The van der Waals surface area contributed by atoms with Crippen molar-refractivity contribution in [3.63, 3.8) is 0 Å². The van der Waals surface area contributed by atoms with E-state index in [1.807, 2.05) is 11.3 Å². The molecule has 1 aromatic heterocycles. The topological polar surface area (TPSA) is 58.4 Å². The van der Waals surface area contributed by atoms with Gasteiger partial charge in [-0.3, -0.25) is 9.69 Å². The van der Waals surface area contributed by atoms with E-state index in [4.69, 9.17) is 5.73 Å². The van der Waals surface area contributed by atoms with Crippen molar-refractivity contribution in [1.29, 1.82) is 0 Å². The average Bonchev–Trinajstić information content (AvgIpc) is 3.00. The van der Waals surface area contributed by atoms with Crippen molar-refractivity contribution in [1.82, 2.24) is 4.90 Å². The van der Waals surface area contributed by atoms with Crippen molar-refractivity contribution in [3.05, 3.63) is 51.7 Å². The Labute approximate surface area is 147 Å². The highest BCUT2D eigenvalue weighted by Gasteiger charge is 2.24. The first kappa shape index (κ1) is 17.0. The summed E-state index contributed by atoms with van der Waals surface area (Å²) in [5.74, 6) is -0.174. The zero-order valence-corrected chi connectivity index (χ0v) is 14.9. The second-order valence-corrected chi connectivity index (χ2v) is 7.87. The predicted molar refractivity (Wildman–Crippen MR) is 100 cm³/mol. The first-order chi connectivity index (χ1) is 11.6. The quantitative estimate of drug-likeness (QED) is 0.845. The van der Waals surface area contributed by atoms with Gasteiger partial charge in [-0.2, -0.15) is 0 Å². The fourth-order valence-corrected chi connectivity index (χ4v) is 4.10. The Balaban J connectivity index is 1.64. The van der Waals surface area contributed by atoms with Crippen LogP contribution in [0, 0.1) is 12.8 Å². The minimum Gasteiger partial charge on any atom is -0.380 e. The van der Waals surface area contributed by atoms with Gasteiger partial charge >= 0.3 is 0 Å². The SMILES string of the molecule is Cc1ccc(CNc2ccccc2CN2CCCC(C(N)=O)C2)s1. The summed E-state index contributed by atoms with van der Waals surface area (Å²) in [6.45, 7) is 5.64. The maximum atomic E-state index is 11.5. The molecule has 3 rings (SSSR count). The van der Waals surface area contributed by atoms with Gasteiger partial charge in [-0.25, -0.2) is 0 Å². The zero-order valence-electron chi connectivity index (χ0n) is 14.1. The molecule has 1 aliphatic heterocycles. The number of nitrogens with one attached hydrogen (secondary N) is 1. The van der Waals surface area contributed by atoms with E-state index in [0.29, 0.717) is 0 Å². The fraction of sp³-hybridized carbons (Fsp3) is 0.421. The van der Waals surface area contributed by atoms with Gasteiger partial charge in [0.15, 0.2) is 0 Å². The van der Waals surface area contributed by atoms with Crippen LogP contribution in [0.3, 0.4) is 0 Å². The molecule has 24 heavy (non-hydrogen) atoms. The van der Waals surface area contributed by atoms with Crippen LogP contribution in [-0.2, 0) is 17.9 Å². The molecule has 1 saturated heterocycles. The van der Waals surface area contributed by atoms with Crippen LogP contribution in [0.5, 0.6) is 0 Å². The number of benzene rings is 1. The van der Waals surface area contributed by atoms with Gasteiger partial charge in [-0.05, 0) is 50.1 Å². The van der Waals surface area contributed by atoms with E-state index < -0.39 is 0 Å². The van der Waals surface area contributed by atoms with Crippen LogP contribution in [0.15, 0.2) is 36.4 Å². The number of nitrogens with two attached hydrogens (primary N) is 1. The van der Waals surface area contributed by atoms with Crippen molar-refractivity contribution in [2.24, 2.45) is 11.7 Å². The summed E-state index contributed by atoms with van der Waals surface area (Å²) in [4.78, 5) is 16.5. The van der Waals surface area contributed by atoms with Gasteiger partial charge in [-0.15, -0.1) is 11.3 Å². The molecular weight excluding hydrogens is 318 g/mol. The largest absolute Gasteiger partial charge is 0.380 e. The Morgan fingerprint density at radius 2 is 2.17 bits per heavy atom. The Morgan fingerprint density at radius 1 is 1.33 bits per heavy atom. The normalized spacial score (nSPS) is 18.5. The number of nitrogens with zero attached hydrogens (tertiary/aromatic N) is 1. The molecule has 0 bridgehead atoms. The molecule has 3 N–H and O–H groups in total. The molecule has 5 heteroatoms. The summed E-state index contributed by atoms with van der Waals surface area (Å²) >= 11 is 1.83. The molecule has 1 amide bonds. The number of carbonyl (C=O) groups excluding carboxylic acids is 1. The van der Waals surface area contributed by atoms with Gasteiger partial charge in [0, 0.05) is 35.1 Å². The third-order valence-electron chi connectivity index (χ3n) is 4.57. The minimum absolute atomic E-state index is 0.00651. The van der Waals surface area contributed by atoms with Gasteiger partial charge in [0.05, 0.1) is 5.92 Å². The molecule has 1 atom stereocenters. The number of primary amides is 1. The number of hydrogen-bond acceptors (Lipinski definition) is 4. The standard InChI is InChI=1S/C19H25N3OS/c1-14-8-9-17(24-14)11-21-18-7-3-2-5-15(18)12-22-10-4-6-16(13-22)19(20)23/h2-3,5,7-9,16,21H,4,6,10-13H2,1H3,(H2,20,23). The summed E-state index contributed by atoms with van der Waals surface area (Å²) in [7, 11) is 0. The van der Waals surface area contributed by atoms with Crippen LogP contribution in [0.2, 0.25) is 0 Å². The van der Waals surface area contributed by atoms with Crippen molar-refractivity contribution >= 4 is 22.9 Å². The van der Waals surface area contributed by atoms with E-state index in [0.717, 1.165) is 39.0 Å². The van der Waals surface area contributed by atoms with Gasteiger partial charge in [0.2, 0.25) is 5.91 Å². The average molecular weight is 343 g/mol. The third kappa shape index (κ3) is 4.36. The molecule has 0 aliphatic carbocycles. The lowest BCUT2D eigenvalue weighted by molar-refractivity contribution is -0.123. The molecule has 128 valence electrons. The Kier molecular flexibility index (Phi) is 5.53. The zero-order chi connectivity index (χ0) is 16.9. The minimum atomic E-state index is -0.167. The Morgan fingerprint density at radius 3 is 2.92 bits per heavy atom. The maximum Gasteiger partial charge on any atom is 0.221 e. The fourth-order valence-electron chi connectivity index (χ4n) is 3.27. The number of hydrogen-bond donors (Lipinski definition) is 2. The first-order valence-electron chi connectivity index (χ1n) is 8.50. The van der Waals surface area contributed by atoms with E-state index in [1.165, 1.54) is 21.0 Å². The van der Waals surface area contributed by atoms with Crippen LogP contribution in [-0.4, -0.2) is 23.9 Å². The number of piperidine rings is 1. The molecule has 2 aromatic rings. The van der Waals surface area contributed by atoms with E-state index >= 15 is 0 Å². The van der Waals surface area contributed by atoms with Gasteiger partial charge in [-0.1, -0.05) is 18.2 Å². The molecule has 0 saturated carbocycles. The Hall–Kier alpha value is -1.85. The molecule has 1 fully saturated rings. The predicted octanol–water partition coefficient (Wildman–Crippen LogP) is 3.37. The second-order valence-electron chi connectivity index (χ2n) is 6.50. The number of aryl methyl sites for hydroxylation is 1. The van der Waals surface area contributed by atoms with Gasteiger partial charge in [0.25, 0.3) is 0 Å². The molecule has 0 radical (unpaired) electrons. The lowest BCUT2D eigenvalue weighted by Crippen LogP contribution is -2.40. The lowest BCUT2D eigenvalue weighted by atomic mass is 9.97. The summed E-state index contributed by atoms with van der Waals surface area (Å²) in [6, 6.07) is 12.8. The van der Waals surface area contributed by atoms with Crippen LogP contribution >= 0.6 is 11.3 Å². The number of thiophene rings is 1. The smallest absolute Gasteiger partial charge is 0.221 e. The van der Waals surface area contributed by atoms with E-state index in [9.17, 15) is 4.79 Å². The molecular formula is C19H25N3OS. The second kappa shape index (κ2) is 7.81. The van der Waals surface area contributed by atoms with Crippen LogP contribution in [0.4, 0.5) is 5.69 Å². The van der Waals surface area contributed by atoms with E-state index in [-0.39, 0.29) is 11.8 Å². The summed E-state index contributed by atoms with van der Waals surface area (Å²) in [5, 5.41) is 3.56. The Bertz CT molecular complexity index is 697. The van der Waals surface area contributed by atoms with E-state index in [2.05, 4.69) is 53.5 Å². The van der Waals surface area contributed by atoms with E-state index in [1.54, 1.807) is 0 Å². The highest BCUT2D eigenvalue weighted by Crippen LogP contribution is 2.23. The van der Waals surface area contributed by atoms with Crippen molar-refractivity contribution in [2.45, 2.75) is 32.9 Å². The number of rotatable bonds is 6. The summed E-state index contributed by atoms with van der Waals surface area (Å²) < 4.78 is 0. The number of para-hydroxylation sites is 1. The van der Waals surface area contributed by atoms with Crippen LogP contribution in [0.25, 0.3) is 0 Å². The van der Waals surface area contributed by atoms with Gasteiger partial charge in [0.1, 0.15) is 0 Å². The van der Waals surface area contributed by atoms with Crippen LogP contribution in [0.1, 0.15) is 28.2 Å². The molecule has 2 heterocycles. The monoisotopic (exact) mass is 343 g/mol. The molecule has 1 aromatic carbocycles. The molecule has 1 unspecified atom stereocenters. The number of anilines is 1. The number of likely N-dealkylation sites (tertiary alicyclic amines) is 1. The summed E-state index contributed by atoms with van der Waals surface area (Å²) in [5.41, 5.74) is 7.94. The highest BCUT2D eigenvalue weighted by molar-refractivity contribution is 7.11. The van der Waals surface area contributed by atoms with Crippen molar-refractivity contribution in [2.75, 3.05) is 18.4 Å². The maximum absolute atomic E-state index is 11.5. The highest BCUT2D eigenvalue weighted by atomic mass is 32.1. The number of amides is 1. The summed E-state index contributed by atoms with van der Waals surface area (Å²) in [6.07, 6.45) is 1.96. The van der Waals surface area contributed by atoms with Crippen molar-refractivity contribution in [3.8, 4) is 0 Å². The molecule has 0 spiro atoms. The van der Waals surface area contributed by atoms with Gasteiger partial charge < -0.3 is 11.1 Å². The van der Waals surface area contributed by atoms with Crippen molar-refractivity contribution < 1.29 is 4.79 Å². The first-order valence-corrected chi connectivity index (χ1v) is 9.32. The molecule has 1 aliphatic rings.